The van der Waals surface area contributed by atoms with Crippen molar-refractivity contribution in [1.29, 1.82) is 0 Å². The molecule has 0 saturated carbocycles. The first-order chi connectivity index (χ1) is 10.1. The largest absolute Gasteiger partial charge is 0.382 e. The second-order valence-corrected chi connectivity index (χ2v) is 6.27. The SMILES string of the molecule is CCC(C)N(CC)C(=O)c1sc(N2CCNCC2)nc1N. The van der Waals surface area contributed by atoms with Gasteiger partial charge in [-0.05, 0) is 20.3 Å². The molecule has 0 spiro atoms. The Morgan fingerprint density at radius 2 is 2.14 bits per heavy atom. The van der Waals surface area contributed by atoms with Gasteiger partial charge in [-0.25, -0.2) is 4.98 Å². The fraction of sp³-hybridized carbons (Fsp3) is 0.714. The highest BCUT2D eigenvalue weighted by Gasteiger charge is 2.25. The molecule has 3 N–H and O–H groups in total. The van der Waals surface area contributed by atoms with Crippen molar-refractivity contribution in [3.8, 4) is 0 Å². The first-order valence-corrected chi connectivity index (χ1v) is 8.43. The maximum Gasteiger partial charge on any atom is 0.268 e. The third kappa shape index (κ3) is 3.47. The normalized spacial score (nSPS) is 16.8. The number of thiazole rings is 1. The van der Waals surface area contributed by atoms with E-state index in [-0.39, 0.29) is 11.9 Å². The van der Waals surface area contributed by atoms with Crippen molar-refractivity contribution in [2.24, 2.45) is 0 Å². The van der Waals surface area contributed by atoms with Crippen LogP contribution in [0.2, 0.25) is 0 Å². The number of carbonyl (C=O) groups is 1. The molecule has 118 valence electrons. The topological polar surface area (TPSA) is 74.5 Å². The number of nitrogens with zero attached hydrogens (tertiary/aromatic N) is 3. The fourth-order valence-electron chi connectivity index (χ4n) is 2.47. The van der Waals surface area contributed by atoms with E-state index in [1.807, 2.05) is 11.8 Å². The Morgan fingerprint density at radius 1 is 1.48 bits per heavy atom. The second-order valence-electron chi connectivity index (χ2n) is 5.30. The lowest BCUT2D eigenvalue weighted by Crippen LogP contribution is -2.43. The number of anilines is 2. The summed E-state index contributed by atoms with van der Waals surface area (Å²) < 4.78 is 0. The molecule has 2 heterocycles. The average Bonchev–Trinajstić information content (AvgIpc) is 2.90. The number of amides is 1. The molecule has 1 aromatic rings. The second kappa shape index (κ2) is 7.09. The van der Waals surface area contributed by atoms with E-state index < -0.39 is 0 Å². The zero-order valence-electron chi connectivity index (χ0n) is 13.1. The van der Waals surface area contributed by atoms with Crippen molar-refractivity contribution in [2.45, 2.75) is 33.2 Å². The van der Waals surface area contributed by atoms with Gasteiger partial charge in [0.1, 0.15) is 10.7 Å². The van der Waals surface area contributed by atoms with Gasteiger partial charge in [-0.3, -0.25) is 4.79 Å². The zero-order valence-corrected chi connectivity index (χ0v) is 13.9. The molecule has 21 heavy (non-hydrogen) atoms. The van der Waals surface area contributed by atoms with Gasteiger partial charge in [0.05, 0.1) is 0 Å². The molecule has 1 saturated heterocycles. The third-order valence-corrected chi connectivity index (χ3v) is 5.07. The third-order valence-electron chi connectivity index (χ3n) is 3.95. The Balaban J connectivity index is 2.19. The van der Waals surface area contributed by atoms with E-state index in [1.165, 1.54) is 11.3 Å². The molecule has 1 aliphatic rings. The minimum Gasteiger partial charge on any atom is -0.382 e. The van der Waals surface area contributed by atoms with Crippen molar-refractivity contribution in [1.82, 2.24) is 15.2 Å². The molecule has 1 atom stereocenters. The minimum atomic E-state index is 0.00299. The van der Waals surface area contributed by atoms with Gasteiger partial charge in [0.2, 0.25) is 0 Å². The highest BCUT2D eigenvalue weighted by atomic mass is 32.1. The first-order valence-electron chi connectivity index (χ1n) is 7.61. The molecular formula is C14H25N5OS. The number of nitrogen functional groups attached to an aromatic ring is 1. The average molecular weight is 311 g/mol. The Hall–Kier alpha value is -1.34. The number of aromatic nitrogens is 1. The summed E-state index contributed by atoms with van der Waals surface area (Å²) in [7, 11) is 0. The lowest BCUT2D eigenvalue weighted by atomic mass is 10.2. The summed E-state index contributed by atoms with van der Waals surface area (Å²) in [6, 6.07) is 0.214. The van der Waals surface area contributed by atoms with E-state index in [0.717, 1.165) is 37.7 Å². The molecule has 6 nitrogen and oxygen atoms in total. The van der Waals surface area contributed by atoms with Gasteiger partial charge in [0.15, 0.2) is 5.13 Å². The predicted octanol–water partition coefficient (Wildman–Crippen LogP) is 1.40. The molecule has 1 aromatic heterocycles. The standard InChI is InChI=1S/C14H25N5OS/c1-4-10(3)19(5-2)13(20)11-12(15)17-14(21-11)18-8-6-16-7-9-18/h10,16H,4-9,15H2,1-3H3. The van der Waals surface area contributed by atoms with Crippen LogP contribution in [0, 0.1) is 0 Å². The van der Waals surface area contributed by atoms with Crippen LogP contribution < -0.4 is 16.0 Å². The molecule has 0 bridgehead atoms. The highest BCUT2D eigenvalue weighted by Crippen LogP contribution is 2.30. The highest BCUT2D eigenvalue weighted by molar-refractivity contribution is 7.18. The van der Waals surface area contributed by atoms with E-state index in [9.17, 15) is 4.79 Å². The Kier molecular flexibility index (Phi) is 5.41. The summed E-state index contributed by atoms with van der Waals surface area (Å²) in [5.74, 6) is 0.364. The molecule has 0 aliphatic carbocycles. The lowest BCUT2D eigenvalue weighted by Gasteiger charge is -2.27. The molecule has 0 aromatic carbocycles. The van der Waals surface area contributed by atoms with E-state index in [2.05, 4.69) is 29.0 Å². The molecule has 7 heteroatoms. The van der Waals surface area contributed by atoms with Gasteiger partial charge in [-0.1, -0.05) is 18.3 Å². The molecule has 0 radical (unpaired) electrons. The van der Waals surface area contributed by atoms with Gasteiger partial charge in [0, 0.05) is 38.8 Å². The first kappa shape index (κ1) is 16.0. The van der Waals surface area contributed by atoms with Crippen LogP contribution in [0.1, 0.15) is 36.9 Å². The van der Waals surface area contributed by atoms with Crippen LogP contribution in [0.4, 0.5) is 10.9 Å². The number of hydrogen-bond donors (Lipinski definition) is 2. The maximum absolute atomic E-state index is 12.7. The molecule has 1 amide bonds. The van der Waals surface area contributed by atoms with Crippen LogP contribution in [-0.2, 0) is 0 Å². The summed E-state index contributed by atoms with van der Waals surface area (Å²) in [6.45, 7) is 10.5. The van der Waals surface area contributed by atoms with Gasteiger partial charge in [-0.15, -0.1) is 0 Å². The van der Waals surface area contributed by atoms with Crippen LogP contribution in [0.25, 0.3) is 0 Å². The number of piperazine rings is 1. The van der Waals surface area contributed by atoms with E-state index in [1.54, 1.807) is 0 Å². The molecule has 1 unspecified atom stereocenters. The number of rotatable bonds is 5. The summed E-state index contributed by atoms with van der Waals surface area (Å²) in [6.07, 6.45) is 0.933. The quantitative estimate of drug-likeness (QED) is 0.860. The molecule has 1 aliphatic heterocycles. The van der Waals surface area contributed by atoms with Crippen molar-refractivity contribution in [2.75, 3.05) is 43.4 Å². The van der Waals surface area contributed by atoms with E-state index in [0.29, 0.717) is 17.2 Å². The molecule has 1 fully saturated rings. The van der Waals surface area contributed by atoms with Crippen molar-refractivity contribution in [3.05, 3.63) is 4.88 Å². The summed E-state index contributed by atoms with van der Waals surface area (Å²) in [4.78, 5) is 21.7. The van der Waals surface area contributed by atoms with Gasteiger partial charge in [-0.2, -0.15) is 0 Å². The Bertz CT molecular complexity index is 484. The fourth-order valence-corrected chi connectivity index (χ4v) is 3.46. The molecular weight excluding hydrogens is 286 g/mol. The summed E-state index contributed by atoms with van der Waals surface area (Å²) in [5, 5.41) is 4.17. The van der Waals surface area contributed by atoms with E-state index in [4.69, 9.17) is 5.73 Å². The number of nitrogens with one attached hydrogen (secondary N) is 1. The summed E-state index contributed by atoms with van der Waals surface area (Å²) in [5.41, 5.74) is 5.99. The minimum absolute atomic E-state index is 0.00299. The van der Waals surface area contributed by atoms with Crippen LogP contribution in [0.3, 0.4) is 0 Å². The molecule has 2 rings (SSSR count). The van der Waals surface area contributed by atoms with Gasteiger partial charge in [0.25, 0.3) is 5.91 Å². The smallest absolute Gasteiger partial charge is 0.268 e. The number of carbonyl (C=O) groups excluding carboxylic acids is 1. The van der Waals surface area contributed by atoms with Crippen molar-refractivity contribution >= 4 is 28.2 Å². The number of nitrogens with two attached hydrogens (primary N) is 1. The number of hydrogen-bond acceptors (Lipinski definition) is 6. The van der Waals surface area contributed by atoms with Crippen LogP contribution in [-0.4, -0.2) is 54.6 Å². The van der Waals surface area contributed by atoms with Crippen LogP contribution in [0.15, 0.2) is 0 Å². The van der Waals surface area contributed by atoms with Gasteiger partial charge >= 0.3 is 0 Å². The van der Waals surface area contributed by atoms with Crippen LogP contribution >= 0.6 is 11.3 Å². The maximum atomic E-state index is 12.7. The monoisotopic (exact) mass is 311 g/mol. The Labute approximate surface area is 130 Å². The lowest BCUT2D eigenvalue weighted by molar-refractivity contribution is 0.0706. The van der Waals surface area contributed by atoms with Crippen LogP contribution in [0.5, 0.6) is 0 Å². The van der Waals surface area contributed by atoms with Gasteiger partial charge < -0.3 is 20.9 Å². The summed E-state index contributed by atoms with van der Waals surface area (Å²) >= 11 is 1.42. The zero-order chi connectivity index (χ0) is 15.4. The Morgan fingerprint density at radius 3 is 2.71 bits per heavy atom. The van der Waals surface area contributed by atoms with E-state index >= 15 is 0 Å². The predicted molar refractivity (Wildman–Crippen MR) is 88.1 cm³/mol. The van der Waals surface area contributed by atoms with Crippen molar-refractivity contribution < 1.29 is 4.79 Å². The van der Waals surface area contributed by atoms with Crippen molar-refractivity contribution in [3.63, 3.8) is 0 Å².